The van der Waals surface area contributed by atoms with Crippen LogP contribution in [0.3, 0.4) is 0 Å². The van der Waals surface area contributed by atoms with Gasteiger partial charge < -0.3 is 15.5 Å². The predicted molar refractivity (Wildman–Crippen MR) is 72.7 cm³/mol. The molecular weight excluding hydrogens is 242 g/mol. The number of carbonyl (C=O) groups excluding carboxylic acids is 1. The molecule has 19 heavy (non-hydrogen) atoms. The summed E-state index contributed by atoms with van der Waals surface area (Å²) in [5.74, 6) is -0.101. The zero-order chi connectivity index (χ0) is 13.9. The van der Waals surface area contributed by atoms with Crippen LogP contribution in [-0.4, -0.2) is 34.9 Å². The Morgan fingerprint density at radius 3 is 2.26 bits per heavy atom. The molecule has 0 bridgehead atoms. The Hall–Kier alpha value is -1.39. The van der Waals surface area contributed by atoms with Crippen LogP contribution < -0.4 is 5.32 Å². The Morgan fingerprint density at radius 1 is 1.26 bits per heavy atom. The number of hydrogen-bond acceptors (Lipinski definition) is 3. The molecule has 1 aliphatic carbocycles. The lowest BCUT2D eigenvalue weighted by atomic mass is 9.63. The van der Waals surface area contributed by atoms with Crippen molar-refractivity contribution in [2.45, 2.75) is 37.1 Å². The summed E-state index contributed by atoms with van der Waals surface area (Å²) in [7, 11) is 0. The van der Waals surface area contributed by atoms with Gasteiger partial charge in [0.25, 0.3) is 0 Å². The topological polar surface area (TPSA) is 69.6 Å². The van der Waals surface area contributed by atoms with Crippen LogP contribution in [0.4, 0.5) is 0 Å². The van der Waals surface area contributed by atoms with E-state index in [1.54, 1.807) is 6.92 Å². The van der Waals surface area contributed by atoms with E-state index < -0.39 is 11.0 Å². The van der Waals surface area contributed by atoms with E-state index in [1.165, 1.54) is 0 Å². The number of hydrogen-bond donors (Lipinski definition) is 3. The summed E-state index contributed by atoms with van der Waals surface area (Å²) in [5.41, 5.74) is -0.446. The van der Waals surface area contributed by atoms with Crippen molar-refractivity contribution in [3.63, 3.8) is 0 Å². The van der Waals surface area contributed by atoms with Crippen LogP contribution in [0.25, 0.3) is 0 Å². The van der Waals surface area contributed by atoms with Crippen LogP contribution in [0.1, 0.15) is 31.7 Å². The van der Waals surface area contributed by atoms with Gasteiger partial charge in [0, 0.05) is 0 Å². The minimum Gasteiger partial charge on any atom is -0.394 e. The SMILES string of the molecule is CC(CO)(CO)NC(=O)C1(c2ccccc2)CCC1. The minimum atomic E-state index is -0.964. The molecular formula is C15H21NO3. The summed E-state index contributed by atoms with van der Waals surface area (Å²) < 4.78 is 0. The van der Waals surface area contributed by atoms with Crippen molar-refractivity contribution < 1.29 is 15.0 Å². The molecule has 4 nitrogen and oxygen atoms in total. The van der Waals surface area contributed by atoms with Crippen molar-refractivity contribution in [1.29, 1.82) is 0 Å². The molecule has 1 saturated carbocycles. The van der Waals surface area contributed by atoms with Gasteiger partial charge in [0.05, 0.1) is 24.2 Å². The zero-order valence-electron chi connectivity index (χ0n) is 11.2. The molecule has 1 aromatic rings. The molecule has 2 rings (SSSR count). The Balaban J connectivity index is 2.21. The average molecular weight is 263 g/mol. The molecule has 0 atom stereocenters. The molecule has 0 aliphatic heterocycles. The van der Waals surface area contributed by atoms with Gasteiger partial charge in [-0.15, -0.1) is 0 Å². The molecule has 0 heterocycles. The Morgan fingerprint density at radius 2 is 1.84 bits per heavy atom. The number of nitrogens with one attached hydrogen (secondary N) is 1. The van der Waals surface area contributed by atoms with Crippen LogP contribution in [0.2, 0.25) is 0 Å². The second-order valence-electron chi connectivity index (χ2n) is 5.63. The van der Waals surface area contributed by atoms with E-state index in [0.29, 0.717) is 0 Å². The van der Waals surface area contributed by atoms with E-state index in [9.17, 15) is 15.0 Å². The quantitative estimate of drug-likeness (QED) is 0.741. The minimum absolute atomic E-state index is 0.101. The Kier molecular flexibility index (Phi) is 3.92. The van der Waals surface area contributed by atoms with Crippen molar-refractivity contribution >= 4 is 5.91 Å². The first-order valence-corrected chi connectivity index (χ1v) is 6.66. The van der Waals surface area contributed by atoms with Crippen LogP contribution in [0, 0.1) is 0 Å². The number of rotatable bonds is 5. The van der Waals surface area contributed by atoms with Gasteiger partial charge in [0.2, 0.25) is 5.91 Å². The Labute approximate surface area is 113 Å². The standard InChI is InChI=1S/C15H21NO3/c1-14(10-17,11-18)16-13(19)15(8-5-9-15)12-6-3-2-4-7-12/h2-4,6-7,17-18H,5,8-11H2,1H3,(H,16,19). The largest absolute Gasteiger partial charge is 0.394 e. The zero-order valence-corrected chi connectivity index (χ0v) is 11.2. The van der Waals surface area contributed by atoms with Crippen molar-refractivity contribution in [3.05, 3.63) is 35.9 Å². The first-order chi connectivity index (χ1) is 9.06. The number of carbonyl (C=O) groups is 1. The van der Waals surface area contributed by atoms with Crippen LogP contribution in [0.5, 0.6) is 0 Å². The van der Waals surface area contributed by atoms with E-state index in [4.69, 9.17) is 0 Å². The maximum absolute atomic E-state index is 12.5. The van der Waals surface area contributed by atoms with Gasteiger partial charge in [-0.2, -0.15) is 0 Å². The molecule has 0 spiro atoms. The molecule has 4 heteroatoms. The van der Waals surface area contributed by atoms with E-state index in [-0.39, 0.29) is 19.1 Å². The molecule has 104 valence electrons. The van der Waals surface area contributed by atoms with Crippen molar-refractivity contribution in [2.24, 2.45) is 0 Å². The molecule has 3 N–H and O–H groups in total. The van der Waals surface area contributed by atoms with E-state index >= 15 is 0 Å². The lowest BCUT2D eigenvalue weighted by molar-refractivity contribution is -0.133. The summed E-state index contributed by atoms with van der Waals surface area (Å²) in [6.45, 7) is 1.09. The van der Waals surface area contributed by atoms with E-state index in [0.717, 1.165) is 24.8 Å². The van der Waals surface area contributed by atoms with E-state index in [1.807, 2.05) is 30.3 Å². The number of amides is 1. The smallest absolute Gasteiger partial charge is 0.231 e. The second-order valence-corrected chi connectivity index (χ2v) is 5.63. The van der Waals surface area contributed by atoms with E-state index in [2.05, 4.69) is 5.32 Å². The fourth-order valence-electron chi connectivity index (χ4n) is 2.46. The van der Waals surface area contributed by atoms with Crippen LogP contribution in [0.15, 0.2) is 30.3 Å². The number of aliphatic hydroxyl groups is 2. The molecule has 0 aromatic heterocycles. The van der Waals surface area contributed by atoms with Crippen LogP contribution >= 0.6 is 0 Å². The molecule has 0 saturated heterocycles. The third-order valence-corrected chi connectivity index (χ3v) is 4.08. The van der Waals surface area contributed by atoms with Crippen molar-refractivity contribution in [2.75, 3.05) is 13.2 Å². The molecule has 1 fully saturated rings. The predicted octanol–water partition coefficient (Wildman–Crippen LogP) is 0.968. The van der Waals surface area contributed by atoms with Gasteiger partial charge in [0.15, 0.2) is 0 Å². The van der Waals surface area contributed by atoms with Gasteiger partial charge in [-0.3, -0.25) is 4.79 Å². The highest BCUT2D eigenvalue weighted by atomic mass is 16.3. The highest BCUT2D eigenvalue weighted by Gasteiger charge is 2.47. The average Bonchev–Trinajstić information content (AvgIpc) is 2.38. The summed E-state index contributed by atoms with van der Waals surface area (Å²) in [5, 5.41) is 21.4. The highest BCUT2D eigenvalue weighted by molar-refractivity contribution is 5.89. The summed E-state index contributed by atoms with van der Waals surface area (Å²) in [6.07, 6.45) is 2.66. The molecule has 0 radical (unpaired) electrons. The van der Waals surface area contributed by atoms with Gasteiger partial charge in [-0.1, -0.05) is 36.8 Å². The normalized spacial score (nSPS) is 17.6. The lowest BCUT2D eigenvalue weighted by Gasteiger charge is -2.43. The summed E-state index contributed by atoms with van der Waals surface area (Å²) in [4.78, 5) is 12.5. The van der Waals surface area contributed by atoms with Crippen LogP contribution in [-0.2, 0) is 10.2 Å². The monoisotopic (exact) mass is 263 g/mol. The second kappa shape index (κ2) is 5.31. The third kappa shape index (κ3) is 2.51. The Bertz CT molecular complexity index is 436. The van der Waals surface area contributed by atoms with Gasteiger partial charge >= 0.3 is 0 Å². The molecule has 0 unspecified atom stereocenters. The molecule has 1 amide bonds. The fourth-order valence-corrected chi connectivity index (χ4v) is 2.46. The fraction of sp³-hybridized carbons (Fsp3) is 0.533. The van der Waals surface area contributed by atoms with Gasteiger partial charge in [-0.05, 0) is 25.3 Å². The first-order valence-electron chi connectivity index (χ1n) is 6.66. The summed E-state index contributed by atoms with van der Waals surface area (Å²) in [6, 6.07) is 9.72. The third-order valence-electron chi connectivity index (χ3n) is 4.08. The van der Waals surface area contributed by atoms with Crippen molar-refractivity contribution in [1.82, 2.24) is 5.32 Å². The highest BCUT2D eigenvalue weighted by Crippen LogP contribution is 2.44. The number of aliphatic hydroxyl groups excluding tert-OH is 2. The van der Waals surface area contributed by atoms with Gasteiger partial charge in [0.1, 0.15) is 0 Å². The maximum Gasteiger partial charge on any atom is 0.231 e. The first kappa shape index (κ1) is 14.0. The summed E-state index contributed by atoms with van der Waals surface area (Å²) >= 11 is 0. The molecule has 1 aromatic carbocycles. The molecule has 1 aliphatic rings. The van der Waals surface area contributed by atoms with Gasteiger partial charge in [-0.25, -0.2) is 0 Å². The number of benzene rings is 1. The maximum atomic E-state index is 12.5. The van der Waals surface area contributed by atoms with Crippen molar-refractivity contribution in [3.8, 4) is 0 Å². The lowest BCUT2D eigenvalue weighted by Crippen LogP contribution is -2.59.